The van der Waals surface area contributed by atoms with Gasteiger partial charge in [-0.25, -0.2) is 4.68 Å². The lowest BCUT2D eigenvalue weighted by Crippen LogP contribution is -2.19. The lowest BCUT2D eigenvalue weighted by atomic mass is 9.96. The molecule has 0 saturated heterocycles. The van der Waals surface area contributed by atoms with E-state index in [1.165, 1.54) is 16.8 Å². The third-order valence-electron chi connectivity index (χ3n) is 4.08. The summed E-state index contributed by atoms with van der Waals surface area (Å²) < 4.78 is 1.87. The molecule has 23 heavy (non-hydrogen) atoms. The van der Waals surface area contributed by atoms with Gasteiger partial charge in [0.25, 0.3) is 0 Å². The van der Waals surface area contributed by atoms with Gasteiger partial charge in [-0.1, -0.05) is 61.5 Å². The summed E-state index contributed by atoms with van der Waals surface area (Å²) >= 11 is 0. The number of fused-ring (bicyclic) bond motifs is 5. The number of anilines is 1. The Morgan fingerprint density at radius 2 is 1.52 bits per heavy atom. The molecule has 2 heterocycles. The molecule has 4 nitrogen and oxygen atoms in total. The molecule has 0 fully saturated rings. The average Bonchev–Trinajstić information content (AvgIpc) is 2.97. The van der Waals surface area contributed by atoms with Crippen LogP contribution in [0.15, 0.2) is 48.5 Å². The number of nitrogens with zero attached hydrogens (tertiary/aromatic N) is 4. The maximum atomic E-state index is 4.42. The number of aromatic nitrogens is 3. The Morgan fingerprint density at radius 3 is 2.30 bits per heavy atom. The molecule has 4 heteroatoms. The highest BCUT2D eigenvalue weighted by Crippen LogP contribution is 2.39. The number of hydrogen-bond donors (Lipinski definition) is 0. The van der Waals surface area contributed by atoms with Gasteiger partial charge in [0.05, 0.1) is 5.69 Å². The van der Waals surface area contributed by atoms with E-state index in [0.717, 1.165) is 23.5 Å². The van der Waals surface area contributed by atoms with Crippen molar-refractivity contribution in [1.29, 1.82) is 0 Å². The van der Waals surface area contributed by atoms with E-state index in [4.69, 9.17) is 0 Å². The normalized spacial score (nSPS) is 12.1. The molecular weight excluding hydrogens is 284 g/mol. The highest BCUT2D eigenvalue weighted by Gasteiger charge is 2.23. The third kappa shape index (κ3) is 2.50. The van der Waals surface area contributed by atoms with Gasteiger partial charge in [-0.05, 0) is 11.6 Å². The van der Waals surface area contributed by atoms with Gasteiger partial charge < -0.3 is 4.90 Å². The molecule has 0 radical (unpaired) electrons. The Kier molecular flexibility index (Phi) is 4.15. The van der Waals surface area contributed by atoms with E-state index < -0.39 is 0 Å². The molecule has 0 unspecified atom stereocenters. The van der Waals surface area contributed by atoms with Crippen molar-refractivity contribution in [2.45, 2.75) is 20.4 Å². The topological polar surface area (TPSA) is 34.0 Å². The van der Waals surface area contributed by atoms with Crippen LogP contribution in [0.1, 0.15) is 19.4 Å². The lowest BCUT2D eigenvalue weighted by Gasteiger charge is -2.26. The summed E-state index contributed by atoms with van der Waals surface area (Å²) in [6.07, 6.45) is 0. The van der Waals surface area contributed by atoms with Crippen LogP contribution in [0.25, 0.3) is 22.5 Å². The van der Waals surface area contributed by atoms with Gasteiger partial charge in [0, 0.05) is 37.5 Å². The van der Waals surface area contributed by atoms with E-state index in [1.807, 2.05) is 25.6 Å². The molecule has 0 bridgehead atoms. The van der Waals surface area contributed by atoms with Crippen molar-refractivity contribution in [1.82, 2.24) is 15.0 Å². The van der Waals surface area contributed by atoms with Gasteiger partial charge in [0.15, 0.2) is 0 Å². The van der Waals surface area contributed by atoms with Crippen molar-refractivity contribution in [2.75, 3.05) is 11.9 Å². The zero-order valence-corrected chi connectivity index (χ0v) is 14.1. The molecule has 0 amide bonds. The van der Waals surface area contributed by atoms with Crippen LogP contribution in [0, 0.1) is 0 Å². The zero-order chi connectivity index (χ0) is 16.4. The summed E-state index contributed by atoms with van der Waals surface area (Å²) in [6.45, 7) is 4.87. The Balaban J connectivity index is 0.000000753. The minimum atomic E-state index is 0.873. The molecule has 0 aliphatic carbocycles. The van der Waals surface area contributed by atoms with Gasteiger partial charge in [-0.15, -0.1) is 5.10 Å². The Labute approximate surface area is 137 Å². The van der Waals surface area contributed by atoms with Crippen molar-refractivity contribution in [3.63, 3.8) is 0 Å². The number of rotatable bonds is 0. The predicted octanol–water partition coefficient (Wildman–Crippen LogP) is 4.13. The molecule has 1 aliphatic rings. The van der Waals surface area contributed by atoms with Gasteiger partial charge in [-0.2, -0.15) is 0 Å². The minimum Gasteiger partial charge on any atom is -0.370 e. The summed E-state index contributed by atoms with van der Waals surface area (Å²) in [5.74, 6) is 0. The van der Waals surface area contributed by atoms with Gasteiger partial charge in [0.1, 0.15) is 5.69 Å². The van der Waals surface area contributed by atoms with E-state index in [-0.39, 0.29) is 0 Å². The van der Waals surface area contributed by atoms with Crippen LogP contribution in [-0.2, 0) is 13.6 Å². The Hall–Kier alpha value is -2.62. The summed E-state index contributed by atoms with van der Waals surface area (Å²) in [5.41, 5.74) is 6.87. The summed E-state index contributed by atoms with van der Waals surface area (Å²) in [7, 11) is 4.08. The molecular formula is C19H22N4. The molecule has 0 N–H and O–H groups in total. The number of para-hydroxylation sites is 1. The fraction of sp³-hybridized carbons (Fsp3) is 0.263. The first kappa shape index (κ1) is 15.3. The predicted molar refractivity (Wildman–Crippen MR) is 95.3 cm³/mol. The molecule has 0 saturated carbocycles. The first-order valence-electron chi connectivity index (χ1n) is 8.04. The van der Waals surface area contributed by atoms with Crippen LogP contribution in [0.3, 0.4) is 0 Å². The lowest BCUT2D eigenvalue weighted by molar-refractivity contribution is 0.720. The molecule has 118 valence electrons. The number of hydrogen-bond acceptors (Lipinski definition) is 3. The molecule has 0 atom stereocenters. The molecule has 1 aromatic heterocycles. The second-order valence-corrected chi connectivity index (χ2v) is 5.44. The van der Waals surface area contributed by atoms with Gasteiger partial charge in [0.2, 0.25) is 0 Å². The van der Waals surface area contributed by atoms with Crippen LogP contribution < -0.4 is 4.90 Å². The van der Waals surface area contributed by atoms with E-state index in [0.29, 0.717) is 0 Å². The summed E-state index contributed by atoms with van der Waals surface area (Å²) in [6, 6.07) is 16.9. The Bertz CT molecular complexity index is 820. The molecule has 1 aliphatic heterocycles. The SMILES string of the molecule is CC.CN1Cc2ccccc2-c2c(nnn2C)-c2ccccc21. The quantitative estimate of drug-likeness (QED) is 0.626. The van der Waals surface area contributed by atoms with Crippen molar-refractivity contribution >= 4 is 5.69 Å². The molecule has 0 spiro atoms. The van der Waals surface area contributed by atoms with Crippen molar-refractivity contribution in [2.24, 2.45) is 7.05 Å². The van der Waals surface area contributed by atoms with Crippen molar-refractivity contribution in [3.8, 4) is 22.5 Å². The highest BCUT2D eigenvalue weighted by molar-refractivity contribution is 5.87. The maximum Gasteiger partial charge on any atom is 0.123 e. The smallest absolute Gasteiger partial charge is 0.123 e. The van der Waals surface area contributed by atoms with E-state index in [1.54, 1.807) is 0 Å². The van der Waals surface area contributed by atoms with E-state index in [2.05, 4.69) is 70.8 Å². The zero-order valence-electron chi connectivity index (χ0n) is 14.1. The fourth-order valence-electron chi connectivity index (χ4n) is 3.08. The van der Waals surface area contributed by atoms with Crippen molar-refractivity contribution in [3.05, 3.63) is 54.1 Å². The highest BCUT2D eigenvalue weighted by atomic mass is 15.4. The van der Waals surface area contributed by atoms with Crippen molar-refractivity contribution < 1.29 is 0 Å². The monoisotopic (exact) mass is 306 g/mol. The van der Waals surface area contributed by atoms with Crippen LogP contribution in [0.5, 0.6) is 0 Å². The molecule has 2 aromatic carbocycles. The first-order valence-corrected chi connectivity index (χ1v) is 8.04. The number of benzene rings is 2. The average molecular weight is 306 g/mol. The number of aryl methyl sites for hydroxylation is 1. The Morgan fingerprint density at radius 1 is 0.870 bits per heavy atom. The van der Waals surface area contributed by atoms with Gasteiger partial charge >= 0.3 is 0 Å². The van der Waals surface area contributed by atoms with Crippen LogP contribution in [0.2, 0.25) is 0 Å². The first-order chi connectivity index (χ1) is 11.3. The summed E-state index contributed by atoms with van der Waals surface area (Å²) in [4.78, 5) is 2.27. The molecule has 4 rings (SSSR count). The largest absolute Gasteiger partial charge is 0.370 e. The van der Waals surface area contributed by atoms with E-state index in [9.17, 15) is 0 Å². The van der Waals surface area contributed by atoms with E-state index >= 15 is 0 Å². The fourth-order valence-corrected chi connectivity index (χ4v) is 3.08. The van der Waals surface area contributed by atoms with Crippen LogP contribution in [-0.4, -0.2) is 22.0 Å². The van der Waals surface area contributed by atoms with Crippen LogP contribution >= 0.6 is 0 Å². The second kappa shape index (κ2) is 6.24. The third-order valence-corrected chi connectivity index (χ3v) is 4.08. The molecule has 3 aromatic rings. The van der Waals surface area contributed by atoms with Gasteiger partial charge in [-0.3, -0.25) is 0 Å². The standard InChI is InChI=1S/C17H16N4.C2H6/c1-20-11-12-7-3-4-8-13(12)17-16(18-19-21(17)2)14-9-5-6-10-15(14)20;1-2/h3-10H,11H2,1-2H3;1-2H3. The summed E-state index contributed by atoms with van der Waals surface area (Å²) in [5, 5.41) is 8.67. The second-order valence-electron chi connectivity index (χ2n) is 5.44. The van der Waals surface area contributed by atoms with Crippen LogP contribution in [0.4, 0.5) is 5.69 Å². The minimum absolute atomic E-state index is 0.873. The maximum absolute atomic E-state index is 4.42.